The predicted octanol–water partition coefficient (Wildman–Crippen LogP) is 2.29. The molecule has 0 aliphatic heterocycles. The Morgan fingerprint density at radius 1 is 1.24 bits per heavy atom. The third-order valence-electron chi connectivity index (χ3n) is 2.10. The summed E-state index contributed by atoms with van der Waals surface area (Å²) in [4.78, 5) is 3.51. The average Bonchev–Trinajstić information content (AvgIpc) is 2.26. The fourth-order valence-electron chi connectivity index (χ4n) is 1.08. The van der Waals surface area contributed by atoms with Gasteiger partial charge in [-0.2, -0.15) is 22.0 Å². The molecule has 0 aliphatic carbocycles. The maximum Gasteiger partial charge on any atom is 0.455 e. The van der Waals surface area contributed by atoms with Gasteiger partial charge in [0.25, 0.3) is 0 Å². The topological polar surface area (TPSA) is 48.1 Å². The highest BCUT2D eigenvalue weighted by Gasteiger charge is 2.61. The van der Waals surface area contributed by atoms with E-state index in [-0.39, 0.29) is 5.88 Å². The van der Waals surface area contributed by atoms with Crippen molar-refractivity contribution in [2.24, 2.45) is 5.73 Å². The first-order valence-electron chi connectivity index (χ1n) is 4.40. The zero-order valence-corrected chi connectivity index (χ0v) is 8.63. The van der Waals surface area contributed by atoms with Crippen LogP contribution in [0, 0.1) is 0 Å². The minimum Gasteiger partial charge on any atom is -0.481 e. The second kappa shape index (κ2) is 4.44. The van der Waals surface area contributed by atoms with Crippen molar-refractivity contribution in [3.63, 3.8) is 0 Å². The lowest BCUT2D eigenvalue weighted by molar-refractivity contribution is -0.291. The molecule has 0 amide bonds. The molecule has 8 heteroatoms. The number of halogens is 5. The van der Waals surface area contributed by atoms with Gasteiger partial charge in [-0.3, -0.25) is 0 Å². The van der Waals surface area contributed by atoms with Crippen molar-refractivity contribution in [1.82, 2.24) is 4.98 Å². The van der Waals surface area contributed by atoms with Crippen LogP contribution in [0.15, 0.2) is 18.3 Å². The van der Waals surface area contributed by atoms with Crippen molar-refractivity contribution in [2.75, 3.05) is 7.11 Å². The van der Waals surface area contributed by atoms with Crippen LogP contribution in [0.2, 0.25) is 0 Å². The van der Waals surface area contributed by atoms with Gasteiger partial charge in [0, 0.05) is 12.3 Å². The van der Waals surface area contributed by atoms with Gasteiger partial charge in [-0.15, -0.1) is 0 Å². The molecule has 1 aromatic heterocycles. The van der Waals surface area contributed by atoms with E-state index in [1.165, 1.54) is 7.11 Å². The zero-order chi connectivity index (χ0) is 13.3. The van der Waals surface area contributed by atoms with Crippen molar-refractivity contribution in [1.29, 1.82) is 0 Å². The smallest absolute Gasteiger partial charge is 0.455 e. The summed E-state index contributed by atoms with van der Waals surface area (Å²) in [6.45, 7) is 0. The normalized spacial score (nSPS) is 14.5. The van der Waals surface area contributed by atoms with Gasteiger partial charge in [-0.05, 0) is 5.56 Å². The number of alkyl halides is 5. The molecule has 0 bridgehead atoms. The van der Waals surface area contributed by atoms with E-state index in [1.54, 1.807) is 0 Å². The van der Waals surface area contributed by atoms with E-state index in [2.05, 4.69) is 9.72 Å². The first kappa shape index (κ1) is 13.6. The number of hydrogen-bond donors (Lipinski definition) is 1. The quantitative estimate of drug-likeness (QED) is 0.844. The van der Waals surface area contributed by atoms with Gasteiger partial charge >= 0.3 is 12.1 Å². The lowest BCUT2D eigenvalue weighted by Crippen LogP contribution is -2.45. The van der Waals surface area contributed by atoms with E-state index in [1.807, 2.05) is 0 Å². The van der Waals surface area contributed by atoms with E-state index in [0.29, 0.717) is 0 Å². The molecule has 0 fully saturated rings. The Balaban J connectivity index is 2.99. The number of pyridine rings is 1. The van der Waals surface area contributed by atoms with Crippen LogP contribution in [0.1, 0.15) is 11.6 Å². The van der Waals surface area contributed by atoms with E-state index >= 15 is 0 Å². The number of ether oxygens (including phenoxy) is 1. The molecule has 1 heterocycles. The molecule has 1 rings (SSSR count). The largest absolute Gasteiger partial charge is 0.481 e. The van der Waals surface area contributed by atoms with Crippen LogP contribution in [0.4, 0.5) is 22.0 Å². The summed E-state index contributed by atoms with van der Waals surface area (Å²) in [5.41, 5.74) is 4.48. The fraction of sp³-hybridized carbons (Fsp3) is 0.444. The first-order valence-corrected chi connectivity index (χ1v) is 4.40. The summed E-state index contributed by atoms with van der Waals surface area (Å²) in [5.74, 6) is -4.92. The van der Waals surface area contributed by atoms with Gasteiger partial charge < -0.3 is 10.5 Å². The van der Waals surface area contributed by atoms with Crippen molar-refractivity contribution in [2.45, 2.75) is 18.1 Å². The second-order valence-electron chi connectivity index (χ2n) is 3.23. The summed E-state index contributed by atoms with van der Waals surface area (Å²) in [5, 5.41) is 0. The van der Waals surface area contributed by atoms with Crippen molar-refractivity contribution in [3.8, 4) is 5.88 Å². The van der Waals surface area contributed by atoms with Crippen LogP contribution in [-0.2, 0) is 0 Å². The minimum absolute atomic E-state index is 0.0938. The van der Waals surface area contributed by atoms with Crippen molar-refractivity contribution < 1.29 is 26.7 Å². The maximum atomic E-state index is 12.9. The molecule has 0 aliphatic rings. The van der Waals surface area contributed by atoms with Crippen LogP contribution in [0.3, 0.4) is 0 Å². The Morgan fingerprint density at radius 3 is 2.18 bits per heavy atom. The molecular weight excluding hydrogens is 247 g/mol. The number of rotatable bonds is 3. The van der Waals surface area contributed by atoms with Crippen LogP contribution in [-0.4, -0.2) is 24.2 Å². The van der Waals surface area contributed by atoms with Crippen LogP contribution in [0.5, 0.6) is 5.88 Å². The maximum absolute atomic E-state index is 12.9. The SMILES string of the molecule is COc1ccc([C@@H](N)C(F)(F)C(F)(F)F)cn1. The van der Waals surface area contributed by atoms with E-state index < -0.39 is 23.7 Å². The minimum atomic E-state index is -5.70. The van der Waals surface area contributed by atoms with Gasteiger partial charge in [0.05, 0.1) is 7.11 Å². The summed E-state index contributed by atoms with van der Waals surface area (Å²) in [6, 6.07) is -0.335. The molecule has 0 saturated carbocycles. The highest BCUT2D eigenvalue weighted by Crippen LogP contribution is 2.43. The van der Waals surface area contributed by atoms with Crippen LogP contribution in [0.25, 0.3) is 0 Å². The Bertz CT molecular complexity index is 376. The third-order valence-corrected chi connectivity index (χ3v) is 2.10. The van der Waals surface area contributed by atoms with Gasteiger partial charge in [-0.1, -0.05) is 6.07 Å². The molecule has 0 saturated heterocycles. The Hall–Kier alpha value is -1.44. The molecular formula is C9H9F5N2O. The van der Waals surface area contributed by atoms with Gasteiger partial charge in [0.2, 0.25) is 5.88 Å². The summed E-state index contributed by atoms with van der Waals surface area (Å²) < 4.78 is 66.5. The van der Waals surface area contributed by atoms with Gasteiger partial charge in [0.15, 0.2) is 0 Å². The van der Waals surface area contributed by atoms with E-state index in [0.717, 1.165) is 18.3 Å². The number of hydrogen-bond acceptors (Lipinski definition) is 3. The average molecular weight is 256 g/mol. The number of aromatic nitrogens is 1. The van der Waals surface area contributed by atoms with Crippen molar-refractivity contribution in [3.05, 3.63) is 23.9 Å². The first-order chi connectivity index (χ1) is 7.70. The van der Waals surface area contributed by atoms with Crippen LogP contribution >= 0.6 is 0 Å². The zero-order valence-electron chi connectivity index (χ0n) is 8.63. The van der Waals surface area contributed by atoms with Gasteiger partial charge in [-0.25, -0.2) is 4.98 Å². The molecule has 3 nitrogen and oxygen atoms in total. The number of nitrogens with two attached hydrogens (primary N) is 1. The third kappa shape index (κ3) is 2.63. The summed E-state index contributed by atoms with van der Waals surface area (Å²) in [7, 11) is 1.28. The molecule has 1 atom stereocenters. The van der Waals surface area contributed by atoms with E-state index in [9.17, 15) is 22.0 Å². The molecule has 0 aromatic carbocycles. The lowest BCUT2D eigenvalue weighted by atomic mass is 10.0. The highest BCUT2D eigenvalue weighted by atomic mass is 19.4. The summed E-state index contributed by atoms with van der Waals surface area (Å²) >= 11 is 0. The van der Waals surface area contributed by atoms with Gasteiger partial charge in [0.1, 0.15) is 6.04 Å². The molecule has 0 radical (unpaired) electrons. The highest BCUT2D eigenvalue weighted by molar-refractivity contribution is 5.22. The van der Waals surface area contributed by atoms with Crippen molar-refractivity contribution >= 4 is 0 Å². The Labute approximate surface area is 93.4 Å². The molecule has 17 heavy (non-hydrogen) atoms. The number of methoxy groups -OCH3 is 1. The lowest BCUT2D eigenvalue weighted by Gasteiger charge is -2.25. The van der Waals surface area contributed by atoms with Crippen LogP contribution < -0.4 is 10.5 Å². The Morgan fingerprint density at radius 2 is 1.82 bits per heavy atom. The fourth-order valence-corrected chi connectivity index (χ4v) is 1.08. The van der Waals surface area contributed by atoms with E-state index in [4.69, 9.17) is 5.73 Å². The second-order valence-corrected chi connectivity index (χ2v) is 3.23. The number of nitrogens with zero attached hydrogens (tertiary/aromatic N) is 1. The Kier molecular flexibility index (Phi) is 3.56. The molecule has 2 N–H and O–H groups in total. The standard InChI is InChI=1S/C9H9F5N2O/c1-17-6-3-2-5(4-16-6)7(15)8(10,11)9(12,13)14/h2-4,7H,15H2,1H3/t7-/m1/s1. The summed E-state index contributed by atoms with van der Waals surface area (Å²) in [6.07, 6.45) is -4.88. The molecule has 1 aromatic rings. The molecule has 0 unspecified atom stereocenters. The molecule has 96 valence electrons. The monoisotopic (exact) mass is 256 g/mol. The predicted molar refractivity (Wildman–Crippen MR) is 48.7 cm³/mol. The molecule has 0 spiro atoms.